The SMILES string of the molecule is CC(=O)Nc1ccc(NC2CCC2)cc1Cl. The molecule has 0 aliphatic heterocycles. The molecular weight excluding hydrogens is 224 g/mol. The second kappa shape index (κ2) is 4.74. The smallest absolute Gasteiger partial charge is 0.221 e. The van der Waals surface area contributed by atoms with Crippen LogP contribution in [0.4, 0.5) is 11.4 Å². The Labute approximate surface area is 100 Å². The van der Waals surface area contributed by atoms with Crippen LogP contribution in [-0.2, 0) is 4.79 Å². The van der Waals surface area contributed by atoms with E-state index in [4.69, 9.17) is 11.6 Å². The molecule has 1 aliphatic rings. The first-order valence-electron chi connectivity index (χ1n) is 5.49. The molecule has 1 saturated carbocycles. The predicted molar refractivity (Wildman–Crippen MR) is 67.0 cm³/mol. The maximum absolute atomic E-state index is 10.9. The van der Waals surface area contributed by atoms with Crippen molar-refractivity contribution in [2.75, 3.05) is 10.6 Å². The zero-order chi connectivity index (χ0) is 11.5. The lowest BCUT2D eigenvalue weighted by Crippen LogP contribution is -2.26. The number of amides is 1. The minimum Gasteiger partial charge on any atom is -0.382 e. The molecule has 1 aromatic rings. The average molecular weight is 239 g/mol. The number of hydrogen-bond donors (Lipinski definition) is 2. The number of carbonyl (C=O) groups is 1. The number of benzene rings is 1. The largest absolute Gasteiger partial charge is 0.382 e. The zero-order valence-electron chi connectivity index (χ0n) is 9.22. The Hall–Kier alpha value is -1.22. The van der Waals surface area contributed by atoms with E-state index >= 15 is 0 Å². The van der Waals surface area contributed by atoms with Crippen LogP contribution >= 0.6 is 11.6 Å². The molecule has 1 aliphatic carbocycles. The van der Waals surface area contributed by atoms with Crippen LogP contribution in [0.1, 0.15) is 26.2 Å². The van der Waals surface area contributed by atoms with Gasteiger partial charge in [-0.05, 0) is 37.5 Å². The third-order valence-electron chi connectivity index (χ3n) is 2.76. The van der Waals surface area contributed by atoms with E-state index in [1.54, 1.807) is 0 Å². The summed E-state index contributed by atoms with van der Waals surface area (Å²) < 4.78 is 0. The first kappa shape index (κ1) is 11.3. The molecule has 0 saturated heterocycles. The first-order valence-corrected chi connectivity index (χ1v) is 5.86. The summed E-state index contributed by atoms with van der Waals surface area (Å²) in [6.45, 7) is 1.47. The fourth-order valence-corrected chi connectivity index (χ4v) is 1.91. The van der Waals surface area contributed by atoms with Crippen LogP contribution < -0.4 is 10.6 Å². The lowest BCUT2D eigenvalue weighted by atomic mass is 9.93. The molecule has 0 bridgehead atoms. The molecule has 2 rings (SSSR count). The Bertz CT molecular complexity index is 402. The standard InChI is InChI=1S/C12H15ClN2O/c1-8(16)14-12-6-5-10(7-11(12)13)15-9-3-2-4-9/h5-7,9,15H,2-4H2,1H3,(H,14,16). The molecule has 2 N–H and O–H groups in total. The van der Waals surface area contributed by atoms with E-state index in [1.807, 2.05) is 18.2 Å². The molecule has 16 heavy (non-hydrogen) atoms. The third-order valence-corrected chi connectivity index (χ3v) is 3.07. The van der Waals surface area contributed by atoms with Gasteiger partial charge in [0.25, 0.3) is 0 Å². The van der Waals surface area contributed by atoms with Crippen LogP contribution in [0, 0.1) is 0 Å². The fraction of sp³-hybridized carbons (Fsp3) is 0.417. The second-order valence-electron chi connectivity index (χ2n) is 4.15. The number of rotatable bonds is 3. The van der Waals surface area contributed by atoms with Crippen LogP contribution in [-0.4, -0.2) is 11.9 Å². The highest BCUT2D eigenvalue weighted by Gasteiger charge is 2.17. The van der Waals surface area contributed by atoms with Gasteiger partial charge in [-0.2, -0.15) is 0 Å². The maximum Gasteiger partial charge on any atom is 0.221 e. The summed E-state index contributed by atoms with van der Waals surface area (Å²) in [5.74, 6) is -0.110. The van der Waals surface area contributed by atoms with E-state index < -0.39 is 0 Å². The molecule has 86 valence electrons. The number of anilines is 2. The van der Waals surface area contributed by atoms with Crippen molar-refractivity contribution in [3.63, 3.8) is 0 Å². The Morgan fingerprint density at radius 3 is 2.69 bits per heavy atom. The first-order chi connectivity index (χ1) is 7.65. The van der Waals surface area contributed by atoms with Gasteiger partial charge in [0.15, 0.2) is 0 Å². The zero-order valence-corrected chi connectivity index (χ0v) is 9.97. The summed E-state index contributed by atoms with van der Waals surface area (Å²) in [6.07, 6.45) is 3.76. The fourth-order valence-electron chi connectivity index (χ4n) is 1.68. The van der Waals surface area contributed by atoms with Gasteiger partial charge in [0.1, 0.15) is 0 Å². The van der Waals surface area contributed by atoms with Crippen molar-refractivity contribution in [1.29, 1.82) is 0 Å². The molecule has 0 radical (unpaired) electrons. The van der Waals surface area contributed by atoms with Gasteiger partial charge in [-0.1, -0.05) is 11.6 Å². The van der Waals surface area contributed by atoms with E-state index in [2.05, 4.69) is 10.6 Å². The molecule has 0 unspecified atom stereocenters. The molecule has 3 nitrogen and oxygen atoms in total. The van der Waals surface area contributed by atoms with E-state index in [1.165, 1.54) is 26.2 Å². The molecular formula is C12H15ClN2O. The molecule has 0 aromatic heterocycles. The highest BCUT2D eigenvalue weighted by atomic mass is 35.5. The Morgan fingerprint density at radius 1 is 1.44 bits per heavy atom. The Morgan fingerprint density at radius 2 is 2.19 bits per heavy atom. The number of carbonyl (C=O) groups excluding carboxylic acids is 1. The topological polar surface area (TPSA) is 41.1 Å². The maximum atomic E-state index is 10.9. The Kier molecular flexibility index (Phi) is 3.34. The highest BCUT2D eigenvalue weighted by Crippen LogP contribution is 2.28. The summed E-state index contributed by atoms with van der Waals surface area (Å²) in [5, 5.41) is 6.65. The van der Waals surface area contributed by atoms with Gasteiger partial charge in [-0.3, -0.25) is 4.79 Å². The summed E-state index contributed by atoms with van der Waals surface area (Å²) in [6, 6.07) is 6.20. The van der Waals surface area contributed by atoms with Gasteiger partial charge < -0.3 is 10.6 Å². The quantitative estimate of drug-likeness (QED) is 0.849. The number of nitrogens with one attached hydrogen (secondary N) is 2. The van der Waals surface area contributed by atoms with E-state index in [0.717, 1.165) is 5.69 Å². The molecule has 1 aromatic carbocycles. The van der Waals surface area contributed by atoms with Gasteiger partial charge in [-0.25, -0.2) is 0 Å². The number of hydrogen-bond acceptors (Lipinski definition) is 2. The van der Waals surface area contributed by atoms with Crippen molar-refractivity contribution < 1.29 is 4.79 Å². The molecule has 0 atom stereocenters. The van der Waals surface area contributed by atoms with Crippen LogP contribution in [0.25, 0.3) is 0 Å². The average Bonchev–Trinajstić information content (AvgIpc) is 2.15. The van der Waals surface area contributed by atoms with Gasteiger partial charge in [0.05, 0.1) is 10.7 Å². The van der Waals surface area contributed by atoms with Crippen molar-refractivity contribution in [1.82, 2.24) is 0 Å². The summed E-state index contributed by atoms with van der Waals surface area (Å²) in [7, 11) is 0. The normalized spacial score (nSPS) is 15.4. The van der Waals surface area contributed by atoms with Crippen LogP contribution in [0.3, 0.4) is 0 Å². The molecule has 0 spiro atoms. The van der Waals surface area contributed by atoms with Crippen molar-refractivity contribution in [3.05, 3.63) is 23.2 Å². The number of halogens is 1. The molecule has 1 amide bonds. The summed E-state index contributed by atoms with van der Waals surface area (Å²) >= 11 is 6.06. The van der Waals surface area contributed by atoms with Crippen LogP contribution in [0.5, 0.6) is 0 Å². The van der Waals surface area contributed by atoms with Crippen molar-refractivity contribution >= 4 is 28.9 Å². The van der Waals surface area contributed by atoms with E-state index in [-0.39, 0.29) is 5.91 Å². The van der Waals surface area contributed by atoms with Crippen molar-refractivity contribution in [2.45, 2.75) is 32.2 Å². The summed E-state index contributed by atoms with van der Waals surface area (Å²) in [5.41, 5.74) is 1.68. The van der Waals surface area contributed by atoms with E-state index in [0.29, 0.717) is 16.8 Å². The van der Waals surface area contributed by atoms with Gasteiger partial charge in [0, 0.05) is 18.7 Å². The van der Waals surface area contributed by atoms with Crippen molar-refractivity contribution in [2.24, 2.45) is 0 Å². The monoisotopic (exact) mass is 238 g/mol. The van der Waals surface area contributed by atoms with Gasteiger partial charge in [0.2, 0.25) is 5.91 Å². The van der Waals surface area contributed by atoms with Crippen LogP contribution in [0.2, 0.25) is 5.02 Å². The van der Waals surface area contributed by atoms with Crippen LogP contribution in [0.15, 0.2) is 18.2 Å². The minimum absolute atomic E-state index is 0.110. The minimum atomic E-state index is -0.110. The lowest BCUT2D eigenvalue weighted by molar-refractivity contribution is -0.114. The van der Waals surface area contributed by atoms with Gasteiger partial charge >= 0.3 is 0 Å². The summed E-state index contributed by atoms with van der Waals surface area (Å²) in [4.78, 5) is 10.9. The van der Waals surface area contributed by atoms with Gasteiger partial charge in [-0.15, -0.1) is 0 Å². The second-order valence-corrected chi connectivity index (χ2v) is 4.56. The Balaban J connectivity index is 2.05. The predicted octanol–water partition coefficient (Wildman–Crippen LogP) is 3.26. The molecule has 1 fully saturated rings. The highest BCUT2D eigenvalue weighted by molar-refractivity contribution is 6.34. The van der Waals surface area contributed by atoms with E-state index in [9.17, 15) is 4.79 Å². The third kappa shape index (κ3) is 2.67. The lowest BCUT2D eigenvalue weighted by Gasteiger charge is -2.27. The molecule has 4 heteroatoms. The van der Waals surface area contributed by atoms with Crippen molar-refractivity contribution in [3.8, 4) is 0 Å². The molecule has 0 heterocycles.